The number of carbonyl (C=O) groups excluding carboxylic acids is 1. The molecule has 2 heterocycles. The third-order valence-electron chi connectivity index (χ3n) is 4.37. The van der Waals surface area contributed by atoms with Gasteiger partial charge in [0.25, 0.3) is 15.6 Å². The van der Waals surface area contributed by atoms with Gasteiger partial charge in [-0.3, -0.25) is 9.36 Å². The fourth-order valence-corrected chi connectivity index (χ4v) is 5.86. The third kappa shape index (κ3) is 4.65. The molecule has 2 aromatic carbocycles. The van der Waals surface area contributed by atoms with Crippen LogP contribution in [0.4, 0.5) is 14.9 Å². The van der Waals surface area contributed by atoms with Crippen molar-refractivity contribution in [1.82, 2.24) is 9.29 Å². The number of thiophene rings is 1. The molecular formula is C20H12ClFIN3O4S2. The van der Waals surface area contributed by atoms with Crippen molar-refractivity contribution >= 4 is 78.0 Å². The Hall–Kier alpha value is -2.48. The van der Waals surface area contributed by atoms with E-state index in [1.807, 2.05) is 10.8 Å². The van der Waals surface area contributed by atoms with Gasteiger partial charge in [-0.25, -0.2) is 22.3 Å². The second kappa shape index (κ2) is 8.81. The Bertz CT molecular complexity index is 1540. The number of urea groups is 1. The number of pyridine rings is 1. The standard InChI is InChI=1S/C20H12ClFIN3O4S2/c21-17-5-6-18(31-17)32(29,30)25-20(28)24-13-2-4-16(15(22)10-13)26-8-7-11-9-12(23)1-3-14(11)19(26)27/h1-10H,(H2,24,25,28). The van der Waals surface area contributed by atoms with Gasteiger partial charge < -0.3 is 5.32 Å². The zero-order valence-electron chi connectivity index (χ0n) is 15.8. The van der Waals surface area contributed by atoms with E-state index < -0.39 is 27.4 Å². The van der Waals surface area contributed by atoms with Gasteiger partial charge in [0.15, 0.2) is 0 Å². The van der Waals surface area contributed by atoms with Crippen LogP contribution in [-0.4, -0.2) is 19.0 Å². The number of sulfonamides is 1. The summed E-state index contributed by atoms with van der Waals surface area (Å²) < 4.78 is 43.2. The minimum atomic E-state index is -4.12. The van der Waals surface area contributed by atoms with Crippen molar-refractivity contribution in [3.05, 3.63) is 84.9 Å². The minimum absolute atomic E-state index is 0.00607. The highest BCUT2D eigenvalue weighted by Gasteiger charge is 2.20. The van der Waals surface area contributed by atoms with Crippen LogP contribution in [0.3, 0.4) is 0 Å². The van der Waals surface area contributed by atoms with E-state index in [1.54, 1.807) is 18.2 Å². The lowest BCUT2D eigenvalue weighted by atomic mass is 10.1. The van der Waals surface area contributed by atoms with Gasteiger partial charge in [-0.1, -0.05) is 11.6 Å². The quantitative estimate of drug-likeness (QED) is 0.322. The second-order valence-electron chi connectivity index (χ2n) is 6.51. The van der Waals surface area contributed by atoms with Crippen molar-refractivity contribution in [3.63, 3.8) is 0 Å². The molecule has 0 bridgehead atoms. The Morgan fingerprint density at radius 2 is 1.88 bits per heavy atom. The molecule has 32 heavy (non-hydrogen) atoms. The smallest absolute Gasteiger partial charge is 0.307 e. The Kier molecular flexibility index (Phi) is 6.25. The average molecular weight is 604 g/mol. The van der Waals surface area contributed by atoms with E-state index in [0.717, 1.165) is 26.4 Å². The highest BCUT2D eigenvalue weighted by atomic mass is 127. The fraction of sp³-hybridized carbons (Fsp3) is 0. The summed E-state index contributed by atoms with van der Waals surface area (Å²) in [5, 5.41) is 3.43. The molecule has 164 valence electrons. The van der Waals surface area contributed by atoms with E-state index in [1.165, 1.54) is 35.0 Å². The van der Waals surface area contributed by atoms with E-state index in [0.29, 0.717) is 5.39 Å². The number of hydrogen-bond acceptors (Lipinski definition) is 5. The summed E-state index contributed by atoms with van der Waals surface area (Å²) in [6, 6.07) is 12.3. The van der Waals surface area contributed by atoms with Gasteiger partial charge in [-0.15, -0.1) is 11.3 Å². The van der Waals surface area contributed by atoms with Gasteiger partial charge >= 0.3 is 6.03 Å². The van der Waals surface area contributed by atoms with Gasteiger partial charge in [-0.2, -0.15) is 0 Å². The number of halogens is 3. The number of rotatable bonds is 4. The van der Waals surface area contributed by atoms with Crippen LogP contribution < -0.4 is 15.6 Å². The summed E-state index contributed by atoms with van der Waals surface area (Å²) in [5.74, 6) is -0.775. The van der Waals surface area contributed by atoms with Gasteiger partial charge in [0.1, 0.15) is 10.0 Å². The number of anilines is 1. The number of aromatic nitrogens is 1. The van der Waals surface area contributed by atoms with Crippen molar-refractivity contribution < 1.29 is 17.6 Å². The first kappa shape index (κ1) is 22.7. The maximum Gasteiger partial charge on any atom is 0.333 e. The van der Waals surface area contributed by atoms with E-state index in [9.17, 15) is 22.4 Å². The van der Waals surface area contributed by atoms with Crippen LogP contribution in [0.5, 0.6) is 0 Å². The molecule has 2 amide bonds. The second-order valence-corrected chi connectivity index (χ2v) is 11.4. The highest BCUT2D eigenvalue weighted by Crippen LogP contribution is 2.25. The molecule has 0 spiro atoms. The van der Waals surface area contributed by atoms with E-state index in [-0.39, 0.29) is 19.9 Å². The van der Waals surface area contributed by atoms with Crippen molar-refractivity contribution in [2.45, 2.75) is 4.21 Å². The molecular weight excluding hydrogens is 592 g/mol. The molecule has 4 aromatic rings. The summed E-state index contributed by atoms with van der Waals surface area (Å²) in [7, 11) is -4.12. The lowest BCUT2D eigenvalue weighted by Gasteiger charge is -2.11. The summed E-state index contributed by atoms with van der Waals surface area (Å²) in [6.07, 6.45) is 1.47. The summed E-state index contributed by atoms with van der Waals surface area (Å²) in [4.78, 5) is 24.9. The maximum absolute atomic E-state index is 14.8. The molecule has 0 aliphatic heterocycles. The van der Waals surface area contributed by atoms with Crippen LogP contribution in [0, 0.1) is 9.39 Å². The normalized spacial score (nSPS) is 11.5. The average Bonchev–Trinajstić information content (AvgIpc) is 3.16. The third-order valence-corrected chi connectivity index (χ3v) is 8.10. The molecule has 12 heteroatoms. The summed E-state index contributed by atoms with van der Waals surface area (Å²) >= 11 is 8.65. The topological polar surface area (TPSA) is 97.3 Å². The maximum atomic E-state index is 14.8. The SMILES string of the molecule is O=C(Nc1ccc(-n2ccc3cc(I)ccc3c2=O)c(F)c1)NS(=O)(=O)c1ccc(Cl)s1. The molecule has 7 nitrogen and oxygen atoms in total. The first-order valence-corrected chi connectivity index (χ1v) is 12.6. The van der Waals surface area contributed by atoms with Crippen molar-refractivity contribution in [2.75, 3.05) is 5.32 Å². The van der Waals surface area contributed by atoms with Crippen molar-refractivity contribution in [1.29, 1.82) is 0 Å². The van der Waals surface area contributed by atoms with Gasteiger partial charge in [0.2, 0.25) is 0 Å². The van der Waals surface area contributed by atoms with Crippen LogP contribution in [0.25, 0.3) is 16.5 Å². The van der Waals surface area contributed by atoms with Crippen LogP contribution in [0.2, 0.25) is 4.34 Å². The van der Waals surface area contributed by atoms with Crippen molar-refractivity contribution in [3.8, 4) is 5.69 Å². The summed E-state index contributed by atoms with van der Waals surface area (Å²) in [5.41, 5.74) is -0.397. The molecule has 0 saturated heterocycles. The molecule has 0 aliphatic carbocycles. The number of benzene rings is 2. The molecule has 0 unspecified atom stereocenters. The molecule has 0 radical (unpaired) electrons. The Morgan fingerprint density at radius 3 is 2.56 bits per heavy atom. The zero-order chi connectivity index (χ0) is 23.0. The first-order valence-electron chi connectivity index (χ1n) is 8.84. The number of nitrogens with zero attached hydrogens (tertiary/aromatic N) is 1. The Morgan fingerprint density at radius 1 is 1.09 bits per heavy atom. The van der Waals surface area contributed by atoms with Crippen LogP contribution in [0.1, 0.15) is 0 Å². The van der Waals surface area contributed by atoms with E-state index >= 15 is 0 Å². The Labute approximate surface area is 204 Å². The molecule has 0 saturated carbocycles. The number of nitrogens with one attached hydrogen (secondary N) is 2. The molecule has 4 rings (SSSR count). The van der Waals surface area contributed by atoms with Crippen LogP contribution in [0.15, 0.2) is 69.8 Å². The molecule has 0 aliphatic rings. The number of hydrogen-bond donors (Lipinski definition) is 2. The molecule has 0 fully saturated rings. The molecule has 0 atom stereocenters. The number of carbonyl (C=O) groups is 1. The summed E-state index contributed by atoms with van der Waals surface area (Å²) in [6.45, 7) is 0. The van der Waals surface area contributed by atoms with Crippen LogP contribution in [-0.2, 0) is 10.0 Å². The number of amides is 2. The molecule has 2 aromatic heterocycles. The fourth-order valence-electron chi connectivity index (χ4n) is 2.96. The zero-order valence-corrected chi connectivity index (χ0v) is 20.4. The predicted octanol–water partition coefficient (Wildman–Crippen LogP) is 4.96. The number of fused-ring (bicyclic) bond motifs is 1. The first-order chi connectivity index (χ1) is 15.1. The predicted molar refractivity (Wildman–Crippen MR) is 131 cm³/mol. The van der Waals surface area contributed by atoms with Crippen LogP contribution >= 0.6 is 45.5 Å². The van der Waals surface area contributed by atoms with E-state index in [4.69, 9.17) is 11.6 Å². The lowest BCUT2D eigenvalue weighted by Crippen LogP contribution is -2.34. The largest absolute Gasteiger partial charge is 0.333 e. The minimum Gasteiger partial charge on any atom is -0.307 e. The Balaban J connectivity index is 1.57. The van der Waals surface area contributed by atoms with Gasteiger partial charge in [-0.05, 0) is 82.6 Å². The van der Waals surface area contributed by atoms with Gasteiger partial charge in [0, 0.05) is 20.8 Å². The lowest BCUT2D eigenvalue weighted by molar-refractivity contribution is 0.256. The van der Waals surface area contributed by atoms with Crippen molar-refractivity contribution in [2.24, 2.45) is 0 Å². The van der Waals surface area contributed by atoms with E-state index in [2.05, 4.69) is 27.9 Å². The molecule has 2 N–H and O–H groups in total. The monoisotopic (exact) mass is 603 g/mol. The van der Waals surface area contributed by atoms with Gasteiger partial charge in [0.05, 0.1) is 10.0 Å². The highest BCUT2D eigenvalue weighted by molar-refractivity contribution is 14.1.